The molecule has 0 saturated carbocycles. The topological polar surface area (TPSA) is 67.1 Å². The molecule has 4 nitrogen and oxygen atoms in total. The van der Waals surface area contributed by atoms with Crippen molar-refractivity contribution in [3.63, 3.8) is 0 Å². The number of rotatable bonds is 5. The standard InChI is InChI=1S/C10H14BrN3O/c11-8-3-1-2-4-9(8)14-10(15)7-13-6-5-12/h1-4,13H,5-7,12H2,(H,14,15). The van der Waals surface area contributed by atoms with Crippen molar-refractivity contribution in [3.8, 4) is 0 Å². The summed E-state index contributed by atoms with van der Waals surface area (Å²) in [5.41, 5.74) is 6.06. The molecule has 0 aliphatic carbocycles. The third kappa shape index (κ3) is 4.42. The normalized spacial score (nSPS) is 10.0. The van der Waals surface area contributed by atoms with Gasteiger partial charge in [-0.3, -0.25) is 4.79 Å². The monoisotopic (exact) mass is 271 g/mol. The molecule has 0 atom stereocenters. The van der Waals surface area contributed by atoms with Gasteiger partial charge in [0.25, 0.3) is 0 Å². The summed E-state index contributed by atoms with van der Waals surface area (Å²) in [4.78, 5) is 11.4. The Kier molecular flexibility index (Phi) is 5.31. The van der Waals surface area contributed by atoms with Crippen LogP contribution in [0.3, 0.4) is 0 Å². The highest BCUT2D eigenvalue weighted by atomic mass is 79.9. The number of nitrogens with two attached hydrogens (primary N) is 1. The average molecular weight is 272 g/mol. The Morgan fingerprint density at radius 1 is 1.40 bits per heavy atom. The molecule has 0 heterocycles. The van der Waals surface area contributed by atoms with E-state index in [2.05, 4.69) is 26.6 Å². The van der Waals surface area contributed by atoms with E-state index < -0.39 is 0 Å². The zero-order chi connectivity index (χ0) is 11.1. The second-order valence-corrected chi connectivity index (χ2v) is 3.85. The summed E-state index contributed by atoms with van der Waals surface area (Å²) in [5, 5.41) is 5.70. The number of hydrogen-bond acceptors (Lipinski definition) is 3. The van der Waals surface area contributed by atoms with Gasteiger partial charge in [0.05, 0.1) is 12.2 Å². The maximum absolute atomic E-state index is 11.4. The highest BCUT2D eigenvalue weighted by Gasteiger charge is 2.03. The third-order valence-electron chi connectivity index (χ3n) is 1.75. The smallest absolute Gasteiger partial charge is 0.238 e. The number of carbonyl (C=O) groups is 1. The van der Waals surface area contributed by atoms with E-state index in [4.69, 9.17) is 5.73 Å². The molecule has 0 saturated heterocycles. The van der Waals surface area contributed by atoms with Gasteiger partial charge in [0.15, 0.2) is 0 Å². The number of carbonyl (C=O) groups excluding carboxylic acids is 1. The predicted octanol–water partition coefficient (Wildman–Crippen LogP) is 0.936. The first-order valence-electron chi connectivity index (χ1n) is 4.69. The lowest BCUT2D eigenvalue weighted by atomic mass is 10.3. The Bertz CT molecular complexity index is 330. The molecule has 1 aromatic carbocycles. The first-order valence-corrected chi connectivity index (χ1v) is 5.48. The van der Waals surface area contributed by atoms with Crippen molar-refractivity contribution in [2.75, 3.05) is 25.0 Å². The summed E-state index contributed by atoms with van der Waals surface area (Å²) in [6.45, 7) is 1.45. The van der Waals surface area contributed by atoms with Crippen LogP contribution in [0.1, 0.15) is 0 Å². The minimum absolute atomic E-state index is 0.0737. The fraction of sp³-hybridized carbons (Fsp3) is 0.300. The van der Waals surface area contributed by atoms with Gasteiger partial charge in [-0.1, -0.05) is 12.1 Å². The molecule has 0 unspecified atom stereocenters. The minimum Gasteiger partial charge on any atom is -0.329 e. The minimum atomic E-state index is -0.0737. The number of halogens is 1. The highest BCUT2D eigenvalue weighted by molar-refractivity contribution is 9.10. The molecule has 5 heteroatoms. The Hall–Kier alpha value is -0.910. The number of para-hydroxylation sites is 1. The van der Waals surface area contributed by atoms with Crippen molar-refractivity contribution in [1.29, 1.82) is 0 Å². The molecule has 0 fully saturated rings. The average Bonchev–Trinajstić information content (AvgIpc) is 2.22. The van der Waals surface area contributed by atoms with Crippen molar-refractivity contribution in [1.82, 2.24) is 5.32 Å². The molecule has 15 heavy (non-hydrogen) atoms. The number of anilines is 1. The molecular weight excluding hydrogens is 258 g/mol. The van der Waals surface area contributed by atoms with Gasteiger partial charge in [-0.2, -0.15) is 0 Å². The molecular formula is C10H14BrN3O. The van der Waals surface area contributed by atoms with Crippen LogP contribution < -0.4 is 16.4 Å². The number of hydrogen-bond donors (Lipinski definition) is 3. The largest absolute Gasteiger partial charge is 0.329 e. The maximum atomic E-state index is 11.4. The van der Waals surface area contributed by atoms with Crippen LogP contribution in [0.5, 0.6) is 0 Å². The Morgan fingerprint density at radius 2 is 2.13 bits per heavy atom. The predicted molar refractivity (Wildman–Crippen MR) is 64.7 cm³/mol. The van der Waals surface area contributed by atoms with E-state index >= 15 is 0 Å². The van der Waals surface area contributed by atoms with Gasteiger partial charge in [-0.05, 0) is 28.1 Å². The molecule has 4 N–H and O–H groups in total. The van der Waals surface area contributed by atoms with Crippen LogP contribution >= 0.6 is 15.9 Å². The lowest BCUT2D eigenvalue weighted by molar-refractivity contribution is -0.115. The van der Waals surface area contributed by atoms with E-state index in [-0.39, 0.29) is 12.5 Å². The zero-order valence-corrected chi connectivity index (χ0v) is 9.88. The van der Waals surface area contributed by atoms with Crippen LogP contribution in [0.25, 0.3) is 0 Å². The SMILES string of the molecule is NCCNCC(=O)Nc1ccccc1Br. The molecule has 0 radical (unpaired) electrons. The van der Waals surface area contributed by atoms with Crippen molar-refractivity contribution >= 4 is 27.5 Å². The molecule has 0 spiro atoms. The Balaban J connectivity index is 2.41. The van der Waals surface area contributed by atoms with Gasteiger partial charge in [0.2, 0.25) is 5.91 Å². The van der Waals surface area contributed by atoms with Crippen LogP contribution in [-0.4, -0.2) is 25.5 Å². The molecule has 1 amide bonds. The summed E-state index contributed by atoms with van der Waals surface area (Å²) < 4.78 is 0.872. The van der Waals surface area contributed by atoms with Crippen LogP contribution in [0, 0.1) is 0 Å². The van der Waals surface area contributed by atoms with Gasteiger partial charge >= 0.3 is 0 Å². The Morgan fingerprint density at radius 3 is 2.80 bits per heavy atom. The van der Waals surface area contributed by atoms with Crippen LogP contribution in [0.15, 0.2) is 28.7 Å². The molecule has 0 bridgehead atoms. The summed E-state index contributed by atoms with van der Waals surface area (Å²) in [6.07, 6.45) is 0. The number of nitrogens with one attached hydrogen (secondary N) is 2. The zero-order valence-electron chi connectivity index (χ0n) is 8.29. The third-order valence-corrected chi connectivity index (χ3v) is 2.45. The van der Waals surface area contributed by atoms with Crippen LogP contribution in [0.2, 0.25) is 0 Å². The van der Waals surface area contributed by atoms with Crippen molar-refractivity contribution < 1.29 is 4.79 Å². The summed E-state index contributed by atoms with van der Waals surface area (Å²) in [5.74, 6) is -0.0737. The molecule has 0 aromatic heterocycles. The first kappa shape index (κ1) is 12.2. The van der Waals surface area contributed by atoms with E-state index in [1.165, 1.54) is 0 Å². The molecule has 82 valence electrons. The summed E-state index contributed by atoms with van der Waals surface area (Å²) in [6, 6.07) is 7.48. The van der Waals surface area contributed by atoms with Gasteiger partial charge < -0.3 is 16.4 Å². The van der Waals surface area contributed by atoms with Crippen molar-refractivity contribution in [2.45, 2.75) is 0 Å². The number of amides is 1. The quantitative estimate of drug-likeness (QED) is 0.699. The first-order chi connectivity index (χ1) is 7.24. The lowest BCUT2D eigenvalue weighted by Crippen LogP contribution is -2.31. The van der Waals surface area contributed by atoms with Gasteiger partial charge in [0.1, 0.15) is 0 Å². The maximum Gasteiger partial charge on any atom is 0.238 e. The van der Waals surface area contributed by atoms with Crippen LogP contribution in [0.4, 0.5) is 5.69 Å². The van der Waals surface area contributed by atoms with Gasteiger partial charge in [-0.25, -0.2) is 0 Å². The van der Waals surface area contributed by atoms with Gasteiger partial charge in [0, 0.05) is 17.6 Å². The molecule has 0 aliphatic heterocycles. The highest BCUT2D eigenvalue weighted by Crippen LogP contribution is 2.20. The van der Waals surface area contributed by atoms with E-state index in [1.807, 2.05) is 24.3 Å². The number of benzene rings is 1. The van der Waals surface area contributed by atoms with E-state index in [9.17, 15) is 4.79 Å². The Labute approximate surface area is 97.4 Å². The van der Waals surface area contributed by atoms with E-state index in [0.29, 0.717) is 13.1 Å². The molecule has 1 aromatic rings. The van der Waals surface area contributed by atoms with Crippen LogP contribution in [-0.2, 0) is 4.79 Å². The fourth-order valence-electron chi connectivity index (χ4n) is 1.06. The molecule has 0 aliphatic rings. The second kappa shape index (κ2) is 6.55. The van der Waals surface area contributed by atoms with Gasteiger partial charge in [-0.15, -0.1) is 0 Å². The van der Waals surface area contributed by atoms with Crippen molar-refractivity contribution in [3.05, 3.63) is 28.7 Å². The summed E-state index contributed by atoms with van der Waals surface area (Å²) >= 11 is 3.35. The van der Waals surface area contributed by atoms with E-state index in [0.717, 1.165) is 10.2 Å². The summed E-state index contributed by atoms with van der Waals surface area (Å²) in [7, 11) is 0. The van der Waals surface area contributed by atoms with Crippen molar-refractivity contribution in [2.24, 2.45) is 5.73 Å². The fourth-order valence-corrected chi connectivity index (χ4v) is 1.44. The van der Waals surface area contributed by atoms with E-state index in [1.54, 1.807) is 0 Å². The molecule has 1 rings (SSSR count). The second-order valence-electron chi connectivity index (χ2n) is 2.99. The lowest BCUT2D eigenvalue weighted by Gasteiger charge is -2.07.